The van der Waals surface area contributed by atoms with Gasteiger partial charge in [0.1, 0.15) is 17.1 Å². The average molecular weight is 383 g/mol. The molecule has 2 heterocycles. The van der Waals surface area contributed by atoms with Gasteiger partial charge in [-0.1, -0.05) is 29.8 Å². The molecule has 3 rings (SSSR count). The highest BCUT2D eigenvalue weighted by molar-refractivity contribution is 6.33. The number of aryl methyl sites for hydroxylation is 2. The van der Waals surface area contributed by atoms with Crippen LogP contribution < -0.4 is 9.64 Å². The second kappa shape index (κ2) is 8.82. The van der Waals surface area contributed by atoms with Gasteiger partial charge in [0, 0.05) is 25.4 Å². The molecule has 0 N–H and O–H groups in total. The smallest absolute Gasteiger partial charge is 0.219 e. The van der Waals surface area contributed by atoms with Gasteiger partial charge in [-0.3, -0.25) is 0 Å². The molecular formula is C21H23ClN4O. The quantitative estimate of drug-likeness (QED) is 0.575. The minimum Gasteiger partial charge on any atom is -0.439 e. The van der Waals surface area contributed by atoms with E-state index in [9.17, 15) is 0 Å². The SMILES string of the molecule is CCN(CCc1ccc(Oc2ccc(C)cn2)cc1)c1ncnc(C)c1Cl. The molecule has 0 aliphatic heterocycles. The summed E-state index contributed by atoms with van der Waals surface area (Å²) in [6.07, 6.45) is 4.24. The van der Waals surface area contributed by atoms with Gasteiger partial charge in [0.2, 0.25) is 5.88 Å². The van der Waals surface area contributed by atoms with E-state index in [0.29, 0.717) is 10.9 Å². The van der Waals surface area contributed by atoms with Crippen molar-refractivity contribution < 1.29 is 4.74 Å². The number of anilines is 1. The molecule has 0 atom stereocenters. The third kappa shape index (κ3) is 4.95. The molecule has 0 radical (unpaired) electrons. The fourth-order valence-corrected chi connectivity index (χ4v) is 2.92. The van der Waals surface area contributed by atoms with Gasteiger partial charge in [-0.2, -0.15) is 0 Å². The lowest BCUT2D eigenvalue weighted by molar-refractivity contribution is 0.462. The van der Waals surface area contributed by atoms with Crippen LogP contribution >= 0.6 is 11.6 Å². The molecule has 2 aromatic heterocycles. The normalized spacial score (nSPS) is 10.7. The summed E-state index contributed by atoms with van der Waals surface area (Å²) < 4.78 is 5.78. The summed E-state index contributed by atoms with van der Waals surface area (Å²) in [5, 5.41) is 0.619. The van der Waals surface area contributed by atoms with Crippen LogP contribution in [0.4, 0.5) is 5.82 Å². The van der Waals surface area contributed by atoms with E-state index in [1.807, 2.05) is 38.1 Å². The highest BCUT2D eigenvalue weighted by Gasteiger charge is 2.12. The maximum Gasteiger partial charge on any atom is 0.219 e. The molecule has 0 saturated heterocycles. The number of benzene rings is 1. The van der Waals surface area contributed by atoms with Crippen molar-refractivity contribution in [2.45, 2.75) is 27.2 Å². The Morgan fingerprint density at radius 3 is 2.44 bits per heavy atom. The summed E-state index contributed by atoms with van der Waals surface area (Å²) in [6.45, 7) is 7.65. The maximum atomic E-state index is 6.37. The molecule has 0 saturated carbocycles. The molecular weight excluding hydrogens is 360 g/mol. The minimum atomic E-state index is 0.597. The molecule has 3 aromatic rings. The standard InChI is InChI=1S/C21H23ClN4O/c1-4-26(21-20(22)16(3)24-14-25-21)12-11-17-6-8-18(9-7-17)27-19-10-5-15(2)13-23-19/h5-10,13-14H,4,11-12H2,1-3H3. The highest BCUT2D eigenvalue weighted by atomic mass is 35.5. The number of hydrogen-bond acceptors (Lipinski definition) is 5. The number of halogens is 1. The van der Waals surface area contributed by atoms with Gasteiger partial charge >= 0.3 is 0 Å². The van der Waals surface area contributed by atoms with Crippen molar-refractivity contribution in [3.05, 3.63) is 70.8 Å². The Hall–Kier alpha value is -2.66. The molecule has 0 unspecified atom stereocenters. The van der Waals surface area contributed by atoms with E-state index in [-0.39, 0.29) is 0 Å². The molecule has 6 heteroatoms. The van der Waals surface area contributed by atoms with Crippen molar-refractivity contribution in [2.24, 2.45) is 0 Å². The summed E-state index contributed by atoms with van der Waals surface area (Å²) in [5.74, 6) is 2.16. The van der Waals surface area contributed by atoms with E-state index in [2.05, 4.69) is 38.9 Å². The van der Waals surface area contributed by atoms with Crippen LogP contribution in [0.1, 0.15) is 23.7 Å². The van der Waals surface area contributed by atoms with Crippen LogP contribution in [0.3, 0.4) is 0 Å². The second-order valence-electron chi connectivity index (χ2n) is 6.35. The Bertz CT molecular complexity index is 882. The van der Waals surface area contributed by atoms with E-state index in [4.69, 9.17) is 16.3 Å². The van der Waals surface area contributed by atoms with Gasteiger partial charge in [0.05, 0.1) is 5.69 Å². The Kier molecular flexibility index (Phi) is 6.24. The van der Waals surface area contributed by atoms with Gasteiger partial charge in [-0.05, 0) is 50.5 Å². The molecule has 0 aliphatic rings. The second-order valence-corrected chi connectivity index (χ2v) is 6.72. The fraction of sp³-hybridized carbons (Fsp3) is 0.286. The zero-order chi connectivity index (χ0) is 19.2. The number of rotatable bonds is 7. The van der Waals surface area contributed by atoms with Gasteiger partial charge in [0.25, 0.3) is 0 Å². The van der Waals surface area contributed by atoms with Crippen LogP contribution in [0.25, 0.3) is 0 Å². The van der Waals surface area contributed by atoms with Crippen LogP contribution in [-0.2, 0) is 6.42 Å². The van der Waals surface area contributed by atoms with Crippen molar-refractivity contribution in [3.63, 3.8) is 0 Å². The third-order valence-corrected chi connectivity index (χ3v) is 4.77. The number of likely N-dealkylation sites (N-methyl/N-ethyl adjacent to an activating group) is 1. The van der Waals surface area contributed by atoms with Crippen molar-refractivity contribution in [1.82, 2.24) is 15.0 Å². The molecule has 0 aliphatic carbocycles. The van der Waals surface area contributed by atoms with Crippen molar-refractivity contribution in [3.8, 4) is 11.6 Å². The number of nitrogens with zero attached hydrogens (tertiary/aromatic N) is 4. The third-order valence-electron chi connectivity index (χ3n) is 4.33. The molecule has 0 spiro atoms. The molecule has 27 heavy (non-hydrogen) atoms. The van der Waals surface area contributed by atoms with E-state index >= 15 is 0 Å². The first-order chi connectivity index (χ1) is 13.1. The first-order valence-electron chi connectivity index (χ1n) is 8.98. The first-order valence-corrected chi connectivity index (χ1v) is 9.36. The minimum absolute atomic E-state index is 0.597. The molecule has 0 amide bonds. The van der Waals surface area contributed by atoms with E-state index in [1.54, 1.807) is 12.5 Å². The Labute approximate surface area is 165 Å². The molecule has 5 nitrogen and oxygen atoms in total. The summed E-state index contributed by atoms with van der Waals surface area (Å²) in [4.78, 5) is 14.9. The monoisotopic (exact) mass is 382 g/mol. The predicted molar refractivity (Wildman–Crippen MR) is 109 cm³/mol. The largest absolute Gasteiger partial charge is 0.439 e. The lowest BCUT2D eigenvalue weighted by Gasteiger charge is -2.23. The fourth-order valence-electron chi connectivity index (χ4n) is 2.70. The summed E-state index contributed by atoms with van der Waals surface area (Å²) in [5.41, 5.74) is 3.13. The van der Waals surface area contributed by atoms with E-state index in [0.717, 1.165) is 42.3 Å². The summed E-state index contributed by atoms with van der Waals surface area (Å²) >= 11 is 6.37. The van der Waals surface area contributed by atoms with Gasteiger partial charge in [-0.25, -0.2) is 15.0 Å². The number of hydrogen-bond donors (Lipinski definition) is 0. The van der Waals surface area contributed by atoms with Crippen molar-refractivity contribution in [1.29, 1.82) is 0 Å². The Morgan fingerprint density at radius 2 is 1.78 bits per heavy atom. The van der Waals surface area contributed by atoms with Crippen LogP contribution in [0.2, 0.25) is 5.02 Å². The predicted octanol–water partition coefficient (Wildman–Crippen LogP) is 5.00. The van der Waals surface area contributed by atoms with Crippen LogP contribution in [0.15, 0.2) is 48.9 Å². The maximum absolute atomic E-state index is 6.37. The van der Waals surface area contributed by atoms with E-state index in [1.165, 1.54) is 5.56 Å². The lowest BCUT2D eigenvalue weighted by Crippen LogP contribution is -2.27. The van der Waals surface area contributed by atoms with Gasteiger partial charge in [0.15, 0.2) is 5.82 Å². The number of aromatic nitrogens is 3. The van der Waals surface area contributed by atoms with Gasteiger partial charge < -0.3 is 9.64 Å². The molecule has 0 bridgehead atoms. The first kappa shape index (κ1) is 19.1. The van der Waals surface area contributed by atoms with Crippen molar-refractivity contribution in [2.75, 3.05) is 18.0 Å². The molecule has 1 aromatic carbocycles. The lowest BCUT2D eigenvalue weighted by atomic mass is 10.1. The average Bonchev–Trinajstić information content (AvgIpc) is 2.68. The van der Waals surface area contributed by atoms with Crippen LogP contribution in [0.5, 0.6) is 11.6 Å². The highest BCUT2D eigenvalue weighted by Crippen LogP contribution is 2.25. The number of ether oxygens (including phenoxy) is 1. The molecule has 140 valence electrons. The molecule has 0 fully saturated rings. The number of pyridine rings is 1. The van der Waals surface area contributed by atoms with E-state index < -0.39 is 0 Å². The van der Waals surface area contributed by atoms with Crippen molar-refractivity contribution >= 4 is 17.4 Å². The topological polar surface area (TPSA) is 51.1 Å². The zero-order valence-corrected chi connectivity index (χ0v) is 16.6. The zero-order valence-electron chi connectivity index (χ0n) is 15.8. The summed E-state index contributed by atoms with van der Waals surface area (Å²) in [6, 6.07) is 11.9. The van der Waals surface area contributed by atoms with Crippen LogP contribution in [0, 0.1) is 13.8 Å². The Balaban J connectivity index is 1.62. The van der Waals surface area contributed by atoms with Crippen LogP contribution in [-0.4, -0.2) is 28.0 Å². The summed E-state index contributed by atoms with van der Waals surface area (Å²) in [7, 11) is 0. The van der Waals surface area contributed by atoms with Gasteiger partial charge in [-0.15, -0.1) is 0 Å². The Morgan fingerprint density at radius 1 is 1.00 bits per heavy atom.